The molecule has 1 fully saturated rings. The second-order valence-electron chi connectivity index (χ2n) is 7.46. The standard InChI is InChI=1S/C19H28N2O4/c1-13-8-9-16(24-5)15(11-13)20-17(22)14-7-6-10-21(12-14)18(23)25-19(2,3)4/h8-9,11,14H,6-7,10,12H2,1-5H3,(H,20,22). The molecule has 1 aromatic rings. The molecule has 0 spiro atoms. The Morgan fingerprint density at radius 3 is 2.64 bits per heavy atom. The van der Waals surface area contributed by atoms with Crippen molar-refractivity contribution in [1.82, 2.24) is 4.90 Å². The maximum atomic E-state index is 12.7. The van der Waals surface area contributed by atoms with Crippen molar-refractivity contribution in [2.75, 3.05) is 25.5 Å². The minimum Gasteiger partial charge on any atom is -0.495 e. The summed E-state index contributed by atoms with van der Waals surface area (Å²) in [4.78, 5) is 26.5. The van der Waals surface area contributed by atoms with Crippen molar-refractivity contribution in [3.05, 3.63) is 23.8 Å². The van der Waals surface area contributed by atoms with E-state index in [1.165, 1.54) is 0 Å². The zero-order valence-electron chi connectivity index (χ0n) is 15.7. The van der Waals surface area contributed by atoms with Crippen LogP contribution in [0, 0.1) is 12.8 Å². The first kappa shape index (κ1) is 19.1. The Labute approximate surface area is 149 Å². The van der Waals surface area contributed by atoms with E-state index in [2.05, 4.69) is 5.32 Å². The van der Waals surface area contributed by atoms with Crippen LogP contribution in [0.5, 0.6) is 5.75 Å². The number of nitrogens with one attached hydrogen (secondary N) is 1. The molecule has 1 saturated heterocycles. The predicted octanol–water partition coefficient (Wildman–Crippen LogP) is 3.59. The molecule has 1 aliphatic heterocycles. The third kappa shape index (κ3) is 5.37. The van der Waals surface area contributed by atoms with Crippen molar-refractivity contribution in [3.8, 4) is 5.75 Å². The molecule has 1 N–H and O–H groups in total. The van der Waals surface area contributed by atoms with Crippen LogP contribution in [0.2, 0.25) is 0 Å². The highest BCUT2D eigenvalue weighted by atomic mass is 16.6. The number of aryl methyl sites for hydroxylation is 1. The van der Waals surface area contributed by atoms with Gasteiger partial charge in [-0.1, -0.05) is 6.07 Å². The highest BCUT2D eigenvalue weighted by Gasteiger charge is 2.31. The highest BCUT2D eigenvalue weighted by molar-refractivity contribution is 5.94. The highest BCUT2D eigenvalue weighted by Crippen LogP contribution is 2.27. The molecule has 25 heavy (non-hydrogen) atoms. The summed E-state index contributed by atoms with van der Waals surface area (Å²) in [5.41, 5.74) is 1.15. The average Bonchev–Trinajstić information content (AvgIpc) is 2.53. The molecule has 0 saturated carbocycles. The molecule has 1 aromatic carbocycles. The molecule has 2 rings (SSSR count). The number of ether oxygens (including phenoxy) is 2. The number of methoxy groups -OCH3 is 1. The van der Waals surface area contributed by atoms with Gasteiger partial charge in [-0.25, -0.2) is 4.79 Å². The Morgan fingerprint density at radius 1 is 1.28 bits per heavy atom. The van der Waals surface area contributed by atoms with Crippen LogP contribution < -0.4 is 10.1 Å². The van der Waals surface area contributed by atoms with Crippen LogP contribution in [-0.4, -0.2) is 42.7 Å². The van der Waals surface area contributed by atoms with Gasteiger partial charge in [0.25, 0.3) is 0 Å². The monoisotopic (exact) mass is 348 g/mol. The largest absolute Gasteiger partial charge is 0.495 e. The number of carbonyl (C=O) groups is 2. The molecule has 0 aliphatic carbocycles. The van der Waals surface area contributed by atoms with Gasteiger partial charge in [0.2, 0.25) is 5.91 Å². The van der Waals surface area contributed by atoms with E-state index in [0.717, 1.165) is 18.4 Å². The van der Waals surface area contributed by atoms with Crippen molar-refractivity contribution >= 4 is 17.7 Å². The fourth-order valence-electron chi connectivity index (χ4n) is 2.84. The molecule has 1 aliphatic rings. The lowest BCUT2D eigenvalue weighted by Gasteiger charge is -2.33. The number of hydrogen-bond donors (Lipinski definition) is 1. The first-order chi connectivity index (χ1) is 11.7. The third-order valence-electron chi connectivity index (χ3n) is 4.06. The maximum Gasteiger partial charge on any atom is 0.410 e. The molecule has 6 nitrogen and oxygen atoms in total. The van der Waals surface area contributed by atoms with Gasteiger partial charge in [0.1, 0.15) is 11.4 Å². The molecule has 1 heterocycles. The Hall–Kier alpha value is -2.24. The number of hydrogen-bond acceptors (Lipinski definition) is 4. The Balaban J connectivity index is 2.02. The Morgan fingerprint density at radius 2 is 2.00 bits per heavy atom. The lowest BCUT2D eigenvalue weighted by atomic mass is 9.97. The molecule has 1 unspecified atom stereocenters. The number of amides is 2. The molecule has 0 bridgehead atoms. The summed E-state index contributed by atoms with van der Waals surface area (Å²) >= 11 is 0. The van der Waals surface area contributed by atoms with E-state index in [-0.39, 0.29) is 17.9 Å². The summed E-state index contributed by atoms with van der Waals surface area (Å²) in [6.07, 6.45) is 1.17. The topological polar surface area (TPSA) is 67.9 Å². The van der Waals surface area contributed by atoms with Crippen LogP contribution in [-0.2, 0) is 9.53 Å². The van der Waals surface area contributed by atoms with Crippen molar-refractivity contribution in [3.63, 3.8) is 0 Å². The normalized spacial score (nSPS) is 17.8. The molecule has 0 aromatic heterocycles. The zero-order chi connectivity index (χ0) is 18.6. The van der Waals surface area contributed by atoms with E-state index in [9.17, 15) is 9.59 Å². The van der Waals surface area contributed by atoms with Gasteiger partial charge in [0, 0.05) is 13.1 Å². The number of likely N-dealkylation sites (tertiary alicyclic amines) is 1. The smallest absolute Gasteiger partial charge is 0.410 e. The van der Waals surface area contributed by atoms with E-state index in [0.29, 0.717) is 24.5 Å². The van der Waals surface area contributed by atoms with Crippen LogP contribution in [0.25, 0.3) is 0 Å². The first-order valence-electron chi connectivity index (χ1n) is 8.63. The van der Waals surface area contributed by atoms with Gasteiger partial charge in [0.05, 0.1) is 18.7 Å². The van der Waals surface area contributed by atoms with Crippen LogP contribution in [0.15, 0.2) is 18.2 Å². The Bertz CT molecular complexity index is 637. The van der Waals surface area contributed by atoms with Gasteiger partial charge >= 0.3 is 6.09 Å². The van der Waals surface area contributed by atoms with E-state index in [1.807, 2.05) is 45.9 Å². The fourth-order valence-corrected chi connectivity index (χ4v) is 2.84. The average molecular weight is 348 g/mol. The van der Waals surface area contributed by atoms with Crippen LogP contribution in [0.1, 0.15) is 39.2 Å². The number of nitrogens with zero attached hydrogens (tertiary/aromatic N) is 1. The van der Waals surface area contributed by atoms with Gasteiger partial charge < -0.3 is 19.7 Å². The number of rotatable bonds is 3. The summed E-state index contributed by atoms with van der Waals surface area (Å²) < 4.78 is 10.7. The van der Waals surface area contributed by atoms with Crippen molar-refractivity contribution in [2.24, 2.45) is 5.92 Å². The predicted molar refractivity (Wildman–Crippen MR) is 96.9 cm³/mol. The molecule has 138 valence electrons. The van der Waals surface area contributed by atoms with E-state index in [1.54, 1.807) is 12.0 Å². The molecule has 6 heteroatoms. The molecular formula is C19H28N2O4. The van der Waals surface area contributed by atoms with E-state index in [4.69, 9.17) is 9.47 Å². The zero-order valence-corrected chi connectivity index (χ0v) is 15.7. The lowest BCUT2D eigenvalue weighted by molar-refractivity contribution is -0.121. The van der Waals surface area contributed by atoms with Crippen LogP contribution >= 0.6 is 0 Å². The van der Waals surface area contributed by atoms with E-state index < -0.39 is 5.60 Å². The van der Waals surface area contributed by atoms with Gasteiger partial charge in [-0.2, -0.15) is 0 Å². The number of piperidine rings is 1. The van der Waals surface area contributed by atoms with Gasteiger partial charge in [-0.15, -0.1) is 0 Å². The number of carbonyl (C=O) groups excluding carboxylic acids is 2. The number of anilines is 1. The fraction of sp³-hybridized carbons (Fsp3) is 0.579. The van der Waals surface area contributed by atoms with Crippen molar-refractivity contribution in [1.29, 1.82) is 0 Å². The number of benzene rings is 1. The van der Waals surface area contributed by atoms with Crippen LogP contribution in [0.4, 0.5) is 10.5 Å². The van der Waals surface area contributed by atoms with Gasteiger partial charge in [-0.3, -0.25) is 4.79 Å². The molecule has 0 radical (unpaired) electrons. The quantitative estimate of drug-likeness (QED) is 0.906. The van der Waals surface area contributed by atoms with E-state index >= 15 is 0 Å². The van der Waals surface area contributed by atoms with Crippen molar-refractivity contribution < 1.29 is 19.1 Å². The second-order valence-corrected chi connectivity index (χ2v) is 7.46. The minimum absolute atomic E-state index is 0.0999. The second kappa shape index (κ2) is 7.76. The molecule has 1 atom stereocenters. The lowest BCUT2D eigenvalue weighted by Crippen LogP contribution is -2.45. The summed E-state index contributed by atoms with van der Waals surface area (Å²) in [5.74, 6) is 0.266. The van der Waals surface area contributed by atoms with Crippen molar-refractivity contribution in [2.45, 2.75) is 46.1 Å². The summed E-state index contributed by atoms with van der Waals surface area (Å²) in [5, 5.41) is 2.94. The molecular weight excluding hydrogens is 320 g/mol. The summed E-state index contributed by atoms with van der Waals surface area (Å²) in [6, 6.07) is 5.64. The SMILES string of the molecule is COc1ccc(C)cc1NC(=O)C1CCCN(C(=O)OC(C)(C)C)C1. The third-order valence-corrected chi connectivity index (χ3v) is 4.06. The minimum atomic E-state index is -0.540. The van der Waals surface area contributed by atoms with Gasteiger partial charge in [-0.05, 0) is 58.2 Å². The first-order valence-corrected chi connectivity index (χ1v) is 8.63. The van der Waals surface area contributed by atoms with Gasteiger partial charge in [0.15, 0.2) is 0 Å². The summed E-state index contributed by atoms with van der Waals surface area (Å²) in [6.45, 7) is 8.45. The van der Waals surface area contributed by atoms with Crippen LogP contribution in [0.3, 0.4) is 0 Å². The molecule has 2 amide bonds. The summed E-state index contributed by atoms with van der Waals surface area (Å²) in [7, 11) is 1.57. The Kier molecular flexibility index (Phi) is 5.93. The maximum absolute atomic E-state index is 12.7.